The molecule has 0 saturated heterocycles. The molecular weight excluding hydrogens is 288 g/mol. The molecule has 0 aliphatic rings. The third kappa shape index (κ3) is 3.70. The Morgan fingerprint density at radius 1 is 1.32 bits per heavy atom. The van der Waals surface area contributed by atoms with Gasteiger partial charge in [0.1, 0.15) is 0 Å². The van der Waals surface area contributed by atoms with E-state index >= 15 is 0 Å². The van der Waals surface area contributed by atoms with Gasteiger partial charge in [0.25, 0.3) is 0 Å². The third-order valence-corrected chi connectivity index (χ3v) is 5.21. The first kappa shape index (κ1) is 16.0. The Morgan fingerprint density at radius 3 is 2.47 bits per heavy atom. The maximum Gasteiger partial charge on any atom is 0.324 e. The van der Waals surface area contributed by atoms with Crippen LogP contribution < -0.4 is 0 Å². The Kier molecular flexibility index (Phi) is 5.82. The van der Waals surface area contributed by atoms with Gasteiger partial charge in [-0.25, -0.2) is 8.42 Å². The fourth-order valence-corrected chi connectivity index (χ4v) is 3.97. The van der Waals surface area contributed by atoms with E-state index in [-0.39, 0.29) is 22.9 Å². The van der Waals surface area contributed by atoms with Gasteiger partial charge in [-0.1, -0.05) is 37.1 Å². The molecule has 0 aliphatic heterocycles. The van der Waals surface area contributed by atoms with E-state index in [4.69, 9.17) is 16.3 Å². The lowest BCUT2D eigenvalue weighted by atomic mass is 10.2. The zero-order valence-electron chi connectivity index (χ0n) is 10.9. The molecule has 0 heterocycles. The summed E-state index contributed by atoms with van der Waals surface area (Å²) < 4.78 is 29.8. The molecule has 1 aromatic rings. The first-order chi connectivity index (χ1) is 8.95. The molecule has 106 valence electrons. The van der Waals surface area contributed by atoms with E-state index in [1.54, 1.807) is 19.1 Å². The normalized spacial score (nSPS) is 13.0. The Labute approximate surface area is 118 Å². The molecule has 1 aromatic carbocycles. The first-order valence-electron chi connectivity index (χ1n) is 6.10. The van der Waals surface area contributed by atoms with Crippen LogP contribution in [0.2, 0.25) is 5.02 Å². The molecule has 0 bridgehead atoms. The van der Waals surface area contributed by atoms with Crippen molar-refractivity contribution in [3.63, 3.8) is 0 Å². The van der Waals surface area contributed by atoms with Gasteiger partial charge in [0.15, 0.2) is 15.1 Å². The van der Waals surface area contributed by atoms with Gasteiger partial charge in [-0.3, -0.25) is 4.79 Å². The minimum Gasteiger partial charge on any atom is -0.465 e. The van der Waals surface area contributed by atoms with E-state index in [2.05, 4.69) is 0 Å². The second-order valence-electron chi connectivity index (χ2n) is 4.00. The van der Waals surface area contributed by atoms with Crippen molar-refractivity contribution < 1.29 is 17.9 Å². The maximum absolute atomic E-state index is 12.5. The molecule has 0 saturated carbocycles. The number of sulfone groups is 1. The molecule has 0 spiro atoms. The molecule has 0 N–H and O–H groups in total. The average Bonchev–Trinajstić information content (AvgIpc) is 2.36. The molecular formula is C13H17ClO4S. The van der Waals surface area contributed by atoms with Gasteiger partial charge >= 0.3 is 5.97 Å². The monoisotopic (exact) mass is 304 g/mol. The van der Waals surface area contributed by atoms with Crippen LogP contribution in [-0.2, 0) is 19.4 Å². The molecule has 0 fully saturated rings. The number of benzene rings is 1. The Balaban J connectivity index is 3.21. The summed E-state index contributed by atoms with van der Waals surface area (Å²) >= 11 is 5.90. The quantitative estimate of drug-likeness (QED) is 0.758. The molecule has 4 nitrogen and oxygen atoms in total. The first-order valence-corrected chi connectivity index (χ1v) is 8.02. The minimum absolute atomic E-state index is 0.0248. The van der Waals surface area contributed by atoms with Crippen molar-refractivity contribution in [2.24, 2.45) is 0 Å². The average molecular weight is 305 g/mol. The molecule has 0 aliphatic carbocycles. The van der Waals surface area contributed by atoms with Gasteiger partial charge in [0.2, 0.25) is 0 Å². The Bertz CT molecular complexity index is 539. The fraction of sp³-hybridized carbons (Fsp3) is 0.462. The van der Waals surface area contributed by atoms with E-state index in [1.165, 1.54) is 12.1 Å². The van der Waals surface area contributed by atoms with Crippen LogP contribution in [0.25, 0.3) is 0 Å². The minimum atomic E-state index is -3.82. The van der Waals surface area contributed by atoms with Crippen LogP contribution in [0.4, 0.5) is 0 Å². The molecule has 0 amide bonds. The van der Waals surface area contributed by atoms with E-state index in [1.807, 2.05) is 6.92 Å². The van der Waals surface area contributed by atoms with Gasteiger partial charge in [0.05, 0.1) is 16.5 Å². The number of carbonyl (C=O) groups excluding carboxylic acids is 1. The molecule has 1 atom stereocenters. The highest BCUT2D eigenvalue weighted by Crippen LogP contribution is 2.27. The fourth-order valence-electron chi connectivity index (χ4n) is 1.73. The molecule has 0 radical (unpaired) electrons. The van der Waals surface area contributed by atoms with Crippen molar-refractivity contribution in [3.05, 3.63) is 29.3 Å². The zero-order valence-corrected chi connectivity index (χ0v) is 12.5. The van der Waals surface area contributed by atoms with Crippen molar-refractivity contribution in [3.8, 4) is 0 Å². The van der Waals surface area contributed by atoms with Crippen LogP contribution in [0.15, 0.2) is 29.2 Å². The van der Waals surface area contributed by atoms with Crippen LogP contribution in [0.3, 0.4) is 0 Å². The van der Waals surface area contributed by atoms with Crippen molar-refractivity contribution in [1.82, 2.24) is 0 Å². The van der Waals surface area contributed by atoms with Crippen LogP contribution in [0, 0.1) is 0 Å². The zero-order chi connectivity index (χ0) is 14.5. The predicted molar refractivity (Wildman–Crippen MR) is 74.0 cm³/mol. The van der Waals surface area contributed by atoms with Gasteiger partial charge in [-0.15, -0.1) is 0 Å². The summed E-state index contributed by atoms with van der Waals surface area (Å²) in [4.78, 5) is 11.8. The lowest BCUT2D eigenvalue weighted by Gasteiger charge is -2.16. The van der Waals surface area contributed by atoms with E-state index in [9.17, 15) is 13.2 Å². The second kappa shape index (κ2) is 6.91. The summed E-state index contributed by atoms with van der Waals surface area (Å²) in [5.41, 5.74) is 0. The Morgan fingerprint density at radius 2 is 1.95 bits per heavy atom. The predicted octanol–water partition coefficient (Wildman–Crippen LogP) is 2.85. The van der Waals surface area contributed by atoms with Crippen LogP contribution in [-0.4, -0.2) is 26.2 Å². The van der Waals surface area contributed by atoms with E-state index < -0.39 is 21.1 Å². The maximum atomic E-state index is 12.5. The van der Waals surface area contributed by atoms with E-state index in [0.29, 0.717) is 6.42 Å². The number of esters is 1. The number of hydrogen-bond acceptors (Lipinski definition) is 4. The number of hydrogen-bond donors (Lipinski definition) is 0. The Hall–Kier alpha value is -1.07. The van der Waals surface area contributed by atoms with Crippen molar-refractivity contribution >= 4 is 27.4 Å². The summed E-state index contributed by atoms with van der Waals surface area (Å²) in [6, 6.07) is 6.11. The number of carbonyl (C=O) groups is 1. The summed E-state index contributed by atoms with van der Waals surface area (Å²) in [6.45, 7) is 3.61. The highest BCUT2D eigenvalue weighted by atomic mass is 35.5. The van der Waals surface area contributed by atoms with Crippen LogP contribution >= 0.6 is 11.6 Å². The standard InChI is InChI=1S/C13H17ClO4S/c1-3-7-12(13(15)18-4-2)19(16,17)11-9-6-5-8-10(11)14/h5-6,8-9,12H,3-4,7H2,1-2H3. The lowest BCUT2D eigenvalue weighted by Crippen LogP contribution is -2.32. The van der Waals surface area contributed by atoms with Crippen molar-refractivity contribution in [2.45, 2.75) is 36.8 Å². The summed E-state index contributed by atoms with van der Waals surface area (Å²) in [7, 11) is -3.82. The second-order valence-corrected chi connectivity index (χ2v) is 6.51. The topological polar surface area (TPSA) is 60.4 Å². The molecule has 1 rings (SSSR count). The van der Waals surface area contributed by atoms with Crippen LogP contribution in [0.1, 0.15) is 26.7 Å². The van der Waals surface area contributed by atoms with Gasteiger partial charge < -0.3 is 4.74 Å². The summed E-state index contributed by atoms with van der Waals surface area (Å²) in [5, 5.41) is -1.08. The van der Waals surface area contributed by atoms with Crippen LogP contribution in [0.5, 0.6) is 0 Å². The molecule has 1 unspecified atom stereocenters. The van der Waals surface area contributed by atoms with E-state index in [0.717, 1.165) is 0 Å². The number of rotatable bonds is 6. The largest absolute Gasteiger partial charge is 0.465 e. The summed E-state index contributed by atoms with van der Waals surface area (Å²) in [6.07, 6.45) is 0.777. The van der Waals surface area contributed by atoms with Gasteiger partial charge in [0, 0.05) is 0 Å². The molecule has 0 aromatic heterocycles. The highest BCUT2D eigenvalue weighted by molar-refractivity contribution is 7.93. The van der Waals surface area contributed by atoms with Crippen molar-refractivity contribution in [2.75, 3.05) is 6.61 Å². The van der Waals surface area contributed by atoms with Crippen molar-refractivity contribution in [1.29, 1.82) is 0 Å². The van der Waals surface area contributed by atoms with Gasteiger partial charge in [-0.05, 0) is 25.5 Å². The van der Waals surface area contributed by atoms with Gasteiger partial charge in [-0.2, -0.15) is 0 Å². The number of halogens is 1. The third-order valence-electron chi connectivity index (χ3n) is 2.62. The summed E-state index contributed by atoms with van der Waals surface area (Å²) in [5.74, 6) is -0.718. The number of ether oxygens (including phenoxy) is 1. The molecule has 19 heavy (non-hydrogen) atoms. The molecule has 6 heteroatoms. The smallest absolute Gasteiger partial charge is 0.324 e. The lowest BCUT2D eigenvalue weighted by molar-refractivity contribution is -0.142. The highest BCUT2D eigenvalue weighted by Gasteiger charge is 2.35. The SMILES string of the molecule is CCCC(C(=O)OCC)S(=O)(=O)c1ccccc1Cl.